The number of hydrogen-bond acceptors (Lipinski definition) is 3. The van der Waals surface area contributed by atoms with Gasteiger partial charge in [-0.05, 0) is 42.7 Å². The zero-order valence-electron chi connectivity index (χ0n) is 11.8. The van der Waals surface area contributed by atoms with Gasteiger partial charge in [-0.3, -0.25) is 0 Å². The average molecular weight is 291 g/mol. The molecule has 2 rings (SSSR count). The van der Waals surface area contributed by atoms with E-state index in [9.17, 15) is 0 Å². The molecular weight excluding hydrogens is 272 g/mol. The molecule has 0 atom stereocenters. The number of pyridine rings is 1. The highest BCUT2D eigenvalue weighted by Crippen LogP contribution is 2.21. The van der Waals surface area contributed by atoms with Crippen molar-refractivity contribution in [2.45, 2.75) is 26.8 Å². The lowest BCUT2D eigenvalue weighted by molar-refractivity contribution is 0.317. The molecule has 1 aromatic heterocycles. The van der Waals surface area contributed by atoms with Crippen LogP contribution >= 0.6 is 11.6 Å². The summed E-state index contributed by atoms with van der Waals surface area (Å²) in [5.41, 5.74) is 3.12. The first-order valence-corrected chi connectivity index (χ1v) is 7.14. The fraction of sp³-hybridized carbons (Fsp3) is 0.312. The molecule has 1 heterocycles. The number of rotatable bonds is 6. The number of benzene rings is 1. The van der Waals surface area contributed by atoms with Crippen LogP contribution in [-0.4, -0.2) is 11.6 Å². The van der Waals surface area contributed by atoms with E-state index in [0.29, 0.717) is 11.7 Å². The molecule has 2 aromatic rings. The molecule has 0 aliphatic heterocycles. The fourth-order valence-electron chi connectivity index (χ4n) is 1.80. The molecule has 20 heavy (non-hydrogen) atoms. The van der Waals surface area contributed by atoms with Gasteiger partial charge in [-0.25, -0.2) is 4.98 Å². The second-order valence-corrected chi connectivity index (χ2v) is 5.06. The zero-order chi connectivity index (χ0) is 14.4. The van der Waals surface area contributed by atoms with E-state index in [4.69, 9.17) is 16.3 Å². The lowest BCUT2D eigenvalue weighted by atomic mass is 10.2. The van der Waals surface area contributed by atoms with Gasteiger partial charge in [-0.2, -0.15) is 0 Å². The first kappa shape index (κ1) is 14.7. The second-order valence-electron chi connectivity index (χ2n) is 4.70. The number of aromatic nitrogens is 1. The van der Waals surface area contributed by atoms with Gasteiger partial charge in [-0.15, -0.1) is 0 Å². The van der Waals surface area contributed by atoms with Crippen LogP contribution in [0.5, 0.6) is 5.75 Å². The van der Waals surface area contributed by atoms with E-state index in [1.165, 1.54) is 5.56 Å². The fourth-order valence-corrected chi connectivity index (χ4v) is 1.97. The molecule has 0 aliphatic rings. The molecule has 1 N–H and O–H groups in total. The van der Waals surface area contributed by atoms with E-state index < -0.39 is 0 Å². The Labute approximate surface area is 124 Å². The third-order valence-electron chi connectivity index (χ3n) is 2.85. The third-order valence-corrected chi connectivity index (χ3v) is 3.16. The largest absolute Gasteiger partial charge is 0.494 e. The van der Waals surface area contributed by atoms with Crippen molar-refractivity contribution in [3.05, 3.63) is 52.8 Å². The third kappa shape index (κ3) is 4.14. The molecule has 4 heteroatoms. The Hall–Kier alpha value is -1.74. The first-order valence-electron chi connectivity index (χ1n) is 6.77. The predicted octanol–water partition coefficient (Wildman–Crippen LogP) is 4.44. The lowest BCUT2D eigenvalue weighted by Crippen LogP contribution is -2.01. The molecule has 0 saturated carbocycles. The Morgan fingerprint density at radius 1 is 1.25 bits per heavy atom. The molecule has 0 bridgehead atoms. The molecule has 0 amide bonds. The molecule has 0 saturated heterocycles. The van der Waals surface area contributed by atoms with E-state index in [2.05, 4.69) is 29.4 Å². The van der Waals surface area contributed by atoms with Crippen LogP contribution in [0.4, 0.5) is 5.69 Å². The van der Waals surface area contributed by atoms with Crippen LogP contribution in [0.1, 0.15) is 24.5 Å². The van der Waals surface area contributed by atoms with Crippen molar-refractivity contribution >= 4 is 17.3 Å². The molecule has 0 spiro atoms. The Morgan fingerprint density at radius 3 is 2.70 bits per heavy atom. The number of nitrogens with one attached hydrogen (secondary N) is 1. The van der Waals surface area contributed by atoms with Gasteiger partial charge in [0.15, 0.2) is 5.15 Å². The predicted molar refractivity (Wildman–Crippen MR) is 83.5 cm³/mol. The van der Waals surface area contributed by atoms with Crippen LogP contribution in [0, 0.1) is 6.92 Å². The summed E-state index contributed by atoms with van der Waals surface area (Å²) in [4.78, 5) is 4.12. The highest BCUT2D eigenvalue weighted by atomic mass is 35.5. The summed E-state index contributed by atoms with van der Waals surface area (Å²) in [7, 11) is 0. The molecule has 0 fully saturated rings. The highest BCUT2D eigenvalue weighted by molar-refractivity contribution is 6.31. The number of ether oxygens (including phenoxy) is 1. The molecule has 0 unspecified atom stereocenters. The number of aryl methyl sites for hydroxylation is 1. The Balaban J connectivity index is 1.95. The summed E-state index contributed by atoms with van der Waals surface area (Å²) in [5.74, 6) is 0.908. The molecule has 0 aliphatic carbocycles. The minimum atomic E-state index is 0.499. The van der Waals surface area contributed by atoms with Crippen molar-refractivity contribution in [1.82, 2.24) is 4.98 Å². The van der Waals surface area contributed by atoms with Crippen LogP contribution in [0.25, 0.3) is 0 Å². The topological polar surface area (TPSA) is 34.1 Å². The first-order chi connectivity index (χ1) is 9.69. The van der Waals surface area contributed by atoms with Gasteiger partial charge < -0.3 is 10.1 Å². The van der Waals surface area contributed by atoms with E-state index in [-0.39, 0.29) is 0 Å². The summed E-state index contributed by atoms with van der Waals surface area (Å²) in [5, 5.41) is 3.80. The maximum Gasteiger partial charge on any atom is 0.152 e. The Bertz CT molecular complexity index is 555. The number of halogens is 1. The van der Waals surface area contributed by atoms with Gasteiger partial charge in [0.1, 0.15) is 5.75 Å². The van der Waals surface area contributed by atoms with Gasteiger partial charge in [0.25, 0.3) is 0 Å². The van der Waals surface area contributed by atoms with Crippen molar-refractivity contribution in [2.24, 2.45) is 0 Å². The monoisotopic (exact) mass is 290 g/mol. The minimum absolute atomic E-state index is 0.499. The normalized spacial score (nSPS) is 10.3. The average Bonchev–Trinajstić information content (AvgIpc) is 2.47. The zero-order valence-corrected chi connectivity index (χ0v) is 12.6. The molecular formula is C16H19ClN2O. The van der Waals surface area contributed by atoms with E-state index in [1.54, 1.807) is 6.20 Å². The van der Waals surface area contributed by atoms with Crippen molar-refractivity contribution in [1.29, 1.82) is 0 Å². The molecule has 1 aromatic carbocycles. The van der Waals surface area contributed by atoms with Gasteiger partial charge in [0.05, 0.1) is 12.3 Å². The Kier molecular flexibility index (Phi) is 5.24. The Morgan fingerprint density at radius 2 is 2.00 bits per heavy atom. The SMILES string of the molecule is CCCOc1ccc(CNc2cc(C)cnc2Cl)cc1. The smallest absolute Gasteiger partial charge is 0.152 e. The van der Waals surface area contributed by atoms with Crippen LogP contribution < -0.4 is 10.1 Å². The lowest BCUT2D eigenvalue weighted by Gasteiger charge is -2.09. The maximum absolute atomic E-state index is 6.05. The summed E-state index contributed by atoms with van der Waals surface area (Å²) in [6.07, 6.45) is 2.77. The van der Waals surface area contributed by atoms with Crippen LogP contribution in [-0.2, 0) is 6.54 Å². The van der Waals surface area contributed by atoms with E-state index >= 15 is 0 Å². The second kappa shape index (κ2) is 7.15. The molecule has 106 valence electrons. The van der Waals surface area contributed by atoms with Crippen molar-refractivity contribution in [3.8, 4) is 5.75 Å². The molecule has 3 nitrogen and oxygen atoms in total. The van der Waals surface area contributed by atoms with Crippen LogP contribution in [0.15, 0.2) is 36.5 Å². The minimum Gasteiger partial charge on any atom is -0.494 e. The summed E-state index contributed by atoms with van der Waals surface area (Å²) < 4.78 is 5.56. The maximum atomic E-state index is 6.05. The highest BCUT2D eigenvalue weighted by Gasteiger charge is 2.02. The van der Waals surface area contributed by atoms with Crippen molar-refractivity contribution in [2.75, 3.05) is 11.9 Å². The quantitative estimate of drug-likeness (QED) is 0.798. The van der Waals surface area contributed by atoms with E-state index in [1.807, 2.05) is 25.1 Å². The van der Waals surface area contributed by atoms with Gasteiger partial charge in [-0.1, -0.05) is 30.7 Å². The van der Waals surface area contributed by atoms with Crippen molar-refractivity contribution < 1.29 is 4.74 Å². The van der Waals surface area contributed by atoms with Gasteiger partial charge in [0, 0.05) is 12.7 Å². The van der Waals surface area contributed by atoms with Crippen molar-refractivity contribution in [3.63, 3.8) is 0 Å². The summed E-state index contributed by atoms with van der Waals surface area (Å²) >= 11 is 6.05. The van der Waals surface area contributed by atoms with Gasteiger partial charge >= 0.3 is 0 Å². The summed E-state index contributed by atoms with van der Waals surface area (Å²) in [6, 6.07) is 10.1. The van der Waals surface area contributed by atoms with Crippen LogP contribution in [0.3, 0.4) is 0 Å². The molecule has 0 radical (unpaired) electrons. The number of anilines is 1. The van der Waals surface area contributed by atoms with Crippen LogP contribution in [0.2, 0.25) is 5.15 Å². The number of nitrogens with zero attached hydrogens (tertiary/aromatic N) is 1. The standard InChI is InChI=1S/C16H19ClN2O/c1-3-8-20-14-6-4-13(5-7-14)11-18-15-9-12(2)10-19-16(15)17/h4-7,9-10,18H,3,8,11H2,1-2H3. The van der Waals surface area contributed by atoms with E-state index in [0.717, 1.165) is 30.0 Å². The van der Waals surface area contributed by atoms with Gasteiger partial charge in [0.2, 0.25) is 0 Å². The summed E-state index contributed by atoms with van der Waals surface area (Å²) in [6.45, 7) is 5.55. The number of hydrogen-bond donors (Lipinski definition) is 1.